The minimum absolute atomic E-state index is 0.415. The zero-order valence-corrected chi connectivity index (χ0v) is 7.43. The molecule has 1 aliphatic heterocycles. The number of carboxylic acids is 1. The highest BCUT2D eigenvalue weighted by Crippen LogP contribution is 2.39. The van der Waals surface area contributed by atoms with E-state index >= 15 is 0 Å². The van der Waals surface area contributed by atoms with Gasteiger partial charge in [-0.2, -0.15) is 13.2 Å². The second-order valence-electron chi connectivity index (χ2n) is 2.72. The van der Waals surface area contributed by atoms with E-state index in [1.807, 2.05) is 0 Å². The number of halogens is 4. The van der Waals surface area contributed by atoms with Crippen molar-refractivity contribution in [1.29, 1.82) is 0 Å². The van der Waals surface area contributed by atoms with Crippen molar-refractivity contribution in [3.63, 3.8) is 0 Å². The summed E-state index contributed by atoms with van der Waals surface area (Å²) in [5.41, 5.74) is -0.425. The monoisotopic (exact) mass is 227 g/mol. The lowest BCUT2D eigenvalue weighted by molar-refractivity contribution is -0.144. The van der Waals surface area contributed by atoms with Crippen molar-refractivity contribution in [3.05, 3.63) is 11.8 Å². The van der Waals surface area contributed by atoms with Crippen molar-refractivity contribution in [2.45, 2.75) is 17.5 Å². The molecule has 1 unspecified atom stereocenters. The maximum absolute atomic E-state index is 12.3. The lowest BCUT2D eigenvalue weighted by Crippen LogP contribution is -2.42. The van der Waals surface area contributed by atoms with Crippen LogP contribution in [0.1, 0.15) is 6.42 Å². The van der Waals surface area contributed by atoms with E-state index < -0.39 is 29.1 Å². The van der Waals surface area contributed by atoms with E-state index in [1.54, 1.807) is 0 Å². The molecule has 0 aromatic carbocycles. The van der Waals surface area contributed by atoms with Gasteiger partial charge in [0.15, 0.2) is 4.87 Å². The normalized spacial score (nSPS) is 27.3. The smallest absolute Gasteiger partial charge is 0.412 e. The van der Waals surface area contributed by atoms with Gasteiger partial charge in [-0.15, -0.1) is 11.6 Å². The van der Waals surface area contributed by atoms with Gasteiger partial charge in [0, 0.05) is 12.6 Å². The number of allylic oxidation sites excluding steroid dienone is 1. The highest BCUT2D eigenvalue weighted by Gasteiger charge is 2.53. The van der Waals surface area contributed by atoms with Crippen LogP contribution >= 0.6 is 11.6 Å². The molecule has 0 aromatic heterocycles. The number of rotatable bonds is 1. The molecule has 78 valence electrons. The first-order valence-electron chi connectivity index (χ1n) is 3.50. The first kappa shape index (κ1) is 11.0. The molecule has 1 heterocycles. The van der Waals surface area contributed by atoms with Crippen molar-refractivity contribution in [2.24, 2.45) is 4.99 Å². The molecule has 0 aliphatic carbocycles. The number of aliphatic imine (C=N–C) groups is 1. The van der Waals surface area contributed by atoms with E-state index in [1.165, 1.54) is 0 Å². The van der Waals surface area contributed by atoms with Crippen LogP contribution in [0, 0.1) is 0 Å². The molecule has 0 amide bonds. The quantitative estimate of drug-likeness (QED) is 0.697. The molecule has 1 rings (SSSR count). The number of aliphatic carboxylic acids is 1. The highest BCUT2D eigenvalue weighted by molar-refractivity contribution is 6.33. The standard InChI is InChI=1S/C7H5ClF3NO2/c8-6(7(9,10)11)2-1-4(5(13)14)12-3-6/h1,3H,2H2,(H,13,14). The van der Waals surface area contributed by atoms with E-state index in [0.717, 1.165) is 6.08 Å². The van der Waals surface area contributed by atoms with Crippen LogP contribution in [-0.4, -0.2) is 28.3 Å². The topological polar surface area (TPSA) is 49.7 Å². The molecule has 1 N–H and O–H groups in total. The average molecular weight is 228 g/mol. The maximum Gasteiger partial charge on any atom is 0.412 e. The number of carbonyl (C=O) groups is 1. The Balaban J connectivity index is 2.88. The summed E-state index contributed by atoms with van der Waals surface area (Å²) >= 11 is 5.21. The number of hydrogen-bond donors (Lipinski definition) is 1. The first-order valence-corrected chi connectivity index (χ1v) is 3.88. The highest BCUT2D eigenvalue weighted by atomic mass is 35.5. The van der Waals surface area contributed by atoms with Crippen LogP contribution in [0.15, 0.2) is 16.8 Å². The second-order valence-corrected chi connectivity index (χ2v) is 3.39. The van der Waals surface area contributed by atoms with Crippen LogP contribution in [0.3, 0.4) is 0 Å². The van der Waals surface area contributed by atoms with Crippen LogP contribution in [0.25, 0.3) is 0 Å². The Morgan fingerprint density at radius 3 is 2.50 bits per heavy atom. The molecular weight excluding hydrogens is 223 g/mol. The third-order valence-electron chi connectivity index (χ3n) is 1.69. The van der Waals surface area contributed by atoms with Gasteiger partial charge >= 0.3 is 12.1 Å². The van der Waals surface area contributed by atoms with Gasteiger partial charge in [0.2, 0.25) is 0 Å². The van der Waals surface area contributed by atoms with Crippen LogP contribution < -0.4 is 0 Å². The minimum atomic E-state index is -4.64. The van der Waals surface area contributed by atoms with Gasteiger partial charge in [-0.25, -0.2) is 4.79 Å². The van der Waals surface area contributed by atoms with E-state index in [2.05, 4.69) is 4.99 Å². The average Bonchev–Trinajstić information content (AvgIpc) is 2.03. The fraction of sp³-hybridized carbons (Fsp3) is 0.429. The molecule has 1 aliphatic rings. The molecule has 14 heavy (non-hydrogen) atoms. The van der Waals surface area contributed by atoms with Crippen molar-refractivity contribution in [1.82, 2.24) is 0 Å². The molecular formula is C7H5ClF3NO2. The molecule has 0 aromatic rings. The molecule has 0 bridgehead atoms. The number of hydrogen-bond acceptors (Lipinski definition) is 2. The number of alkyl halides is 4. The SMILES string of the molecule is O=C(O)C1=CCC(Cl)(C(F)(F)F)C=N1. The van der Waals surface area contributed by atoms with E-state index in [4.69, 9.17) is 16.7 Å². The molecule has 0 spiro atoms. The van der Waals surface area contributed by atoms with Gasteiger partial charge in [-0.3, -0.25) is 4.99 Å². The van der Waals surface area contributed by atoms with Gasteiger partial charge in [0.05, 0.1) is 0 Å². The Bertz CT molecular complexity index is 323. The summed E-state index contributed by atoms with van der Waals surface area (Å²) in [4.78, 5) is 10.9. The van der Waals surface area contributed by atoms with Crippen molar-refractivity contribution in [3.8, 4) is 0 Å². The van der Waals surface area contributed by atoms with Crippen LogP contribution in [0.2, 0.25) is 0 Å². The molecule has 1 atom stereocenters. The van der Waals surface area contributed by atoms with E-state index in [-0.39, 0.29) is 0 Å². The summed E-state index contributed by atoms with van der Waals surface area (Å²) in [5.74, 6) is -1.37. The number of nitrogens with zero attached hydrogens (tertiary/aromatic N) is 1. The third kappa shape index (κ3) is 1.89. The molecule has 7 heteroatoms. The molecule has 3 nitrogen and oxygen atoms in total. The first-order chi connectivity index (χ1) is 6.26. The Hall–Kier alpha value is -1.04. The summed E-state index contributed by atoms with van der Waals surface area (Å²) < 4.78 is 36.8. The Morgan fingerprint density at radius 2 is 2.21 bits per heavy atom. The maximum atomic E-state index is 12.3. The summed E-state index contributed by atoms with van der Waals surface area (Å²) in [6.45, 7) is 0. The molecule has 0 radical (unpaired) electrons. The predicted molar refractivity (Wildman–Crippen MR) is 43.5 cm³/mol. The minimum Gasteiger partial charge on any atom is -0.477 e. The summed E-state index contributed by atoms with van der Waals surface area (Å²) in [5, 5.41) is 8.40. The van der Waals surface area contributed by atoms with Crippen molar-refractivity contribution in [2.75, 3.05) is 0 Å². The van der Waals surface area contributed by atoms with Crippen molar-refractivity contribution < 1.29 is 23.1 Å². The van der Waals surface area contributed by atoms with Gasteiger partial charge in [-0.1, -0.05) is 0 Å². The van der Waals surface area contributed by atoms with Gasteiger partial charge < -0.3 is 5.11 Å². The van der Waals surface area contributed by atoms with Crippen LogP contribution in [0.4, 0.5) is 13.2 Å². The lowest BCUT2D eigenvalue weighted by Gasteiger charge is -2.26. The van der Waals surface area contributed by atoms with Crippen LogP contribution in [0.5, 0.6) is 0 Å². The third-order valence-corrected chi connectivity index (χ3v) is 2.16. The Morgan fingerprint density at radius 1 is 1.64 bits per heavy atom. The van der Waals surface area contributed by atoms with E-state index in [9.17, 15) is 18.0 Å². The fourth-order valence-electron chi connectivity index (χ4n) is 0.854. The second kappa shape index (κ2) is 3.27. The predicted octanol–water partition coefficient (Wildman–Crippen LogP) is 1.97. The molecule has 0 fully saturated rings. The number of carboxylic acid groups (broad SMARTS) is 1. The van der Waals surface area contributed by atoms with E-state index in [0.29, 0.717) is 6.21 Å². The van der Waals surface area contributed by atoms with Gasteiger partial charge in [-0.05, 0) is 6.08 Å². The Kier molecular flexibility index (Phi) is 2.58. The van der Waals surface area contributed by atoms with Crippen LogP contribution in [-0.2, 0) is 4.79 Å². The van der Waals surface area contributed by atoms with Gasteiger partial charge in [0.1, 0.15) is 5.70 Å². The molecule has 0 saturated heterocycles. The lowest BCUT2D eigenvalue weighted by atomic mass is 10.0. The molecule has 0 saturated carbocycles. The summed E-state index contributed by atoms with van der Waals surface area (Å²) in [7, 11) is 0. The zero-order chi connectivity index (χ0) is 11.0. The largest absolute Gasteiger partial charge is 0.477 e. The Labute approximate surface area is 81.9 Å². The summed E-state index contributed by atoms with van der Waals surface area (Å²) in [6.07, 6.45) is -4.00. The zero-order valence-electron chi connectivity index (χ0n) is 6.68. The fourth-order valence-corrected chi connectivity index (χ4v) is 0.980. The van der Waals surface area contributed by atoms with Gasteiger partial charge in [0.25, 0.3) is 0 Å². The van der Waals surface area contributed by atoms with Crippen molar-refractivity contribution >= 4 is 23.8 Å². The summed E-state index contributed by atoms with van der Waals surface area (Å²) in [6, 6.07) is 0.